The van der Waals surface area contributed by atoms with Crippen LogP contribution in [0.1, 0.15) is 31.3 Å². The van der Waals surface area contributed by atoms with Crippen LogP contribution in [0.4, 0.5) is 5.82 Å². The van der Waals surface area contributed by atoms with Crippen LogP contribution in [0.5, 0.6) is 5.75 Å². The van der Waals surface area contributed by atoms with Gasteiger partial charge in [0.2, 0.25) is 0 Å². The summed E-state index contributed by atoms with van der Waals surface area (Å²) in [6, 6.07) is 6.94. The second kappa shape index (κ2) is 8.97. The quantitative estimate of drug-likeness (QED) is 0.729. The summed E-state index contributed by atoms with van der Waals surface area (Å²) in [5.74, 6) is 2.44. The van der Waals surface area contributed by atoms with Crippen molar-refractivity contribution in [2.24, 2.45) is 0 Å². The van der Waals surface area contributed by atoms with Crippen LogP contribution in [0, 0.1) is 6.92 Å². The van der Waals surface area contributed by atoms with Gasteiger partial charge in [0, 0.05) is 48.9 Å². The third kappa shape index (κ3) is 5.06. The number of ether oxygens (including phenoxy) is 1. The zero-order valence-corrected chi connectivity index (χ0v) is 17.8. The minimum absolute atomic E-state index is 0.0501. The topological polar surface area (TPSA) is 58.6 Å². The largest absolute Gasteiger partial charge is 0.482 e. The highest BCUT2D eigenvalue weighted by Gasteiger charge is 2.23. The van der Waals surface area contributed by atoms with Crippen molar-refractivity contribution in [1.29, 1.82) is 0 Å². The normalized spacial score (nSPS) is 14.5. The SMILES string of the molecule is Cc1cc(N2CCN(C(=O)COc3ccc(Cl)cc3Cl)CC2)nc(C(C)C)n1. The van der Waals surface area contributed by atoms with Crippen LogP contribution in [0.15, 0.2) is 24.3 Å². The summed E-state index contributed by atoms with van der Waals surface area (Å²) in [5.41, 5.74) is 0.959. The zero-order valence-electron chi connectivity index (χ0n) is 16.3. The molecule has 1 aliphatic heterocycles. The monoisotopic (exact) mass is 422 g/mol. The number of anilines is 1. The number of carbonyl (C=O) groups is 1. The van der Waals surface area contributed by atoms with Gasteiger partial charge in [-0.25, -0.2) is 9.97 Å². The summed E-state index contributed by atoms with van der Waals surface area (Å²) < 4.78 is 5.56. The molecule has 1 fully saturated rings. The maximum Gasteiger partial charge on any atom is 0.260 e. The van der Waals surface area contributed by atoms with Crippen molar-refractivity contribution in [2.75, 3.05) is 37.7 Å². The van der Waals surface area contributed by atoms with Crippen LogP contribution >= 0.6 is 23.2 Å². The first-order valence-electron chi connectivity index (χ1n) is 9.29. The number of amides is 1. The molecule has 1 aliphatic rings. The second-order valence-electron chi connectivity index (χ2n) is 7.11. The lowest BCUT2D eigenvalue weighted by atomic mass is 10.2. The summed E-state index contributed by atoms with van der Waals surface area (Å²) in [7, 11) is 0. The van der Waals surface area contributed by atoms with Crippen molar-refractivity contribution in [3.63, 3.8) is 0 Å². The van der Waals surface area contributed by atoms with Gasteiger partial charge < -0.3 is 14.5 Å². The highest BCUT2D eigenvalue weighted by Crippen LogP contribution is 2.27. The van der Waals surface area contributed by atoms with E-state index in [4.69, 9.17) is 27.9 Å². The van der Waals surface area contributed by atoms with E-state index in [0.717, 1.165) is 30.4 Å². The van der Waals surface area contributed by atoms with Gasteiger partial charge in [-0.15, -0.1) is 0 Å². The van der Waals surface area contributed by atoms with E-state index >= 15 is 0 Å². The molecule has 28 heavy (non-hydrogen) atoms. The number of benzene rings is 1. The number of hydrogen-bond donors (Lipinski definition) is 0. The molecule has 150 valence electrons. The van der Waals surface area contributed by atoms with Crippen LogP contribution in [0.25, 0.3) is 0 Å². The molecule has 0 N–H and O–H groups in total. The first kappa shape index (κ1) is 20.7. The van der Waals surface area contributed by atoms with Crippen LogP contribution in [0.2, 0.25) is 10.0 Å². The Morgan fingerprint density at radius 1 is 1.14 bits per heavy atom. The average Bonchev–Trinajstić information content (AvgIpc) is 2.66. The van der Waals surface area contributed by atoms with Crippen LogP contribution in [-0.2, 0) is 4.79 Å². The van der Waals surface area contributed by atoms with Crippen molar-refractivity contribution in [2.45, 2.75) is 26.7 Å². The lowest BCUT2D eigenvalue weighted by Crippen LogP contribution is -2.50. The molecule has 0 saturated carbocycles. The molecule has 0 bridgehead atoms. The van der Waals surface area contributed by atoms with Crippen molar-refractivity contribution in [3.05, 3.63) is 45.8 Å². The molecule has 6 nitrogen and oxygen atoms in total. The number of nitrogens with zero attached hydrogens (tertiary/aromatic N) is 4. The summed E-state index contributed by atoms with van der Waals surface area (Å²) in [4.78, 5) is 25.7. The Morgan fingerprint density at radius 2 is 1.86 bits per heavy atom. The van der Waals surface area contributed by atoms with E-state index < -0.39 is 0 Å². The molecule has 1 aromatic carbocycles. The van der Waals surface area contributed by atoms with Gasteiger partial charge in [-0.3, -0.25) is 4.79 Å². The van der Waals surface area contributed by atoms with E-state index in [1.54, 1.807) is 23.1 Å². The molecule has 0 aliphatic carbocycles. The van der Waals surface area contributed by atoms with Gasteiger partial charge in [0.15, 0.2) is 6.61 Å². The van der Waals surface area contributed by atoms with Crippen LogP contribution in [-0.4, -0.2) is 53.6 Å². The molecule has 1 amide bonds. The molecule has 1 aromatic heterocycles. The fourth-order valence-corrected chi connectivity index (χ4v) is 3.47. The molecule has 2 heterocycles. The Labute approximate surface area is 175 Å². The Kier molecular flexibility index (Phi) is 6.62. The number of carbonyl (C=O) groups excluding carboxylic acids is 1. The number of piperazine rings is 1. The fourth-order valence-electron chi connectivity index (χ4n) is 3.00. The van der Waals surface area contributed by atoms with E-state index in [9.17, 15) is 4.79 Å². The molecule has 0 atom stereocenters. The number of aryl methyl sites for hydroxylation is 1. The first-order chi connectivity index (χ1) is 13.3. The lowest BCUT2D eigenvalue weighted by Gasteiger charge is -2.35. The predicted molar refractivity (Wildman–Crippen MR) is 112 cm³/mol. The maximum absolute atomic E-state index is 12.5. The maximum atomic E-state index is 12.5. The van der Waals surface area contributed by atoms with Gasteiger partial charge in [-0.2, -0.15) is 0 Å². The first-order valence-corrected chi connectivity index (χ1v) is 10.0. The lowest BCUT2D eigenvalue weighted by molar-refractivity contribution is -0.133. The van der Waals surface area contributed by atoms with E-state index in [1.807, 2.05) is 13.0 Å². The smallest absolute Gasteiger partial charge is 0.260 e. The van der Waals surface area contributed by atoms with Crippen LogP contribution < -0.4 is 9.64 Å². The fraction of sp³-hybridized carbons (Fsp3) is 0.450. The summed E-state index contributed by atoms with van der Waals surface area (Å²) in [6.45, 7) is 8.79. The number of rotatable bonds is 5. The molecular weight excluding hydrogens is 399 g/mol. The number of aromatic nitrogens is 2. The molecule has 0 unspecified atom stereocenters. The standard InChI is InChI=1S/C20H24Cl2N4O2/c1-13(2)20-23-14(3)10-18(24-20)25-6-8-26(9-7-25)19(27)12-28-17-5-4-15(21)11-16(17)22/h4-5,10-11,13H,6-9,12H2,1-3H3. The van der Waals surface area contributed by atoms with Gasteiger partial charge in [0.1, 0.15) is 17.4 Å². The number of halogens is 2. The van der Waals surface area contributed by atoms with Gasteiger partial charge >= 0.3 is 0 Å². The third-order valence-corrected chi connectivity index (χ3v) is 5.11. The third-order valence-electron chi connectivity index (χ3n) is 4.58. The highest BCUT2D eigenvalue weighted by atomic mass is 35.5. The molecule has 0 radical (unpaired) electrons. The molecule has 0 spiro atoms. The van der Waals surface area contributed by atoms with Gasteiger partial charge in [-0.05, 0) is 25.1 Å². The highest BCUT2D eigenvalue weighted by molar-refractivity contribution is 6.35. The summed E-state index contributed by atoms with van der Waals surface area (Å²) >= 11 is 12.0. The van der Waals surface area contributed by atoms with E-state index in [2.05, 4.69) is 28.7 Å². The predicted octanol–water partition coefficient (Wildman–Crippen LogP) is 3.94. The van der Waals surface area contributed by atoms with Gasteiger partial charge in [0.25, 0.3) is 5.91 Å². The molecule has 2 aromatic rings. The minimum Gasteiger partial charge on any atom is -0.482 e. The van der Waals surface area contributed by atoms with Gasteiger partial charge in [0.05, 0.1) is 5.02 Å². The van der Waals surface area contributed by atoms with Crippen LogP contribution in [0.3, 0.4) is 0 Å². The summed E-state index contributed by atoms with van der Waals surface area (Å²) in [5, 5.41) is 0.922. The van der Waals surface area contributed by atoms with Crippen molar-refractivity contribution >= 4 is 34.9 Å². The van der Waals surface area contributed by atoms with E-state index in [-0.39, 0.29) is 18.4 Å². The average molecular weight is 423 g/mol. The molecule has 8 heteroatoms. The number of hydrogen-bond acceptors (Lipinski definition) is 5. The molecule has 3 rings (SSSR count). The van der Waals surface area contributed by atoms with Gasteiger partial charge in [-0.1, -0.05) is 37.0 Å². The van der Waals surface area contributed by atoms with E-state index in [1.165, 1.54) is 0 Å². The molecule has 1 saturated heterocycles. The van der Waals surface area contributed by atoms with Crippen molar-refractivity contribution < 1.29 is 9.53 Å². The summed E-state index contributed by atoms with van der Waals surface area (Å²) in [6.07, 6.45) is 0. The molecular formula is C20H24Cl2N4O2. The van der Waals surface area contributed by atoms with E-state index in [0.29, 0.717) is 28.9 Å². The van der Waals surface area contributed by atoms with Crippen molar-refractivity contribution in [3.8, 4) is 5.75 Å². The second-order valence-corrected chi connectivity index (χ2v) is 7.96. The minimum atomic E-state index is -0.0626. The Bertz CT molecular complexity index is 852. The Morgan fingerprint density at radius 3 is 2.50 bits per heavy atom. The Hall–Kier alpha value is -2.05. The van der Waals surface area contributed by atoms with Crippen molar-refractivity contribution in [1.82, 2.24) is 14.9 Å². The Balaban J connectivity index is 1.55. The zero-order chi connectivity index (χ0) is 20.3.